The molecule has 1 N–H and O–H groups in total. The fraction of sp³-hybridized carbons (Fsp3) is 0.273. The first-order valence-corrected chi connectivity index (χ1v) is 10.1. The van der Waals surface area contributed by atoms with Crippen LogP contribution in [-0.2, 0) is 16.0 Å². The van der Waals surface area contributed by atoms with Crippen LogP contribution in [0.1, 0.15) is 41.4 Å². The molecule has 2 aromatic carbocycles. The van der Waals surface area contributed by atoms with Crippen molar-refractivity contribution in [3.05, 3.63) is 63.3 Å². The second-order valence-corrected chi connectivity index (χ2v) is 7.57. The SMILES string of the molecule is CCCCOC(=O)Cc1c(C)n(C(=O)c2ccc(Cl)cc2)c2ccc(O)c(Cl)c12. The molecule has 0 unspecified atom stereocenters. The molecule has 3 aromatic rings. The van der Waals surface area contributed by atoms with Crippen molar-refractivity contribution in [3.8, 4) is 5.75 Å². The number of unbranched alkanes of at least 4 members (excludes halogenated alkanes) is 1. The van der Waals surface area contributed by atoms with Crippen LogP contribution >= 0.6 is 23.2 Å². The molecule has 3 rings (SSSR count). The summed E-state index contributed by atoms with van der Waals surface area (Å²) in [4.78, 5) is 25.5. The zero-order valence-electron chi connectivity index (χ0n) is 16.2. The third-order valence-corrected chi connectivity index (χ3v) is 5.43. The van der Waals surface area contributed by atoms with Gasteiger partial charge in [0.1, 0.15) is 5.75 Å². The van der Waals surface area contributed by atoms with E-state index in [1.807, 2.05) is 6.92 Å². The Kier molecular flexibility index (Phi) is 6.50. The molecule has 7 heteroatoms. The van der Waals surface area contributed by atoms with E-state index in [0.717, 1.165) is 12.8 Å². The number of phenols is 1. The molecular weight excluding hydrogens is 413 g/mol. The number of carbonyl (C=O) groups is 2. The van der Waals surface area contributed by atoms with E-state index in [1.54, 1.807) is 37.3 Å². The van der Waals surface area contributed by atoms with E-state index in [1.165, 1.54) is 10.6 Å². The number of ether oxygens (including phenoxy) is 1. The Balaban J connectivity index is 2.10. The van der Waals surface area contributed by atoms with Gasteiger partial charge in [-0.1, -0.05) is 36.5 Å². The van der Waals surface area contributed by atoms with Crippen molar-refractivity contribution in [2.75, 3.05) is 6.61 Å². The van der Waals surface area contributed by atoms with E-state index < -0.39 is 5.97 Å². The predicted octanol–water partition coefficient (Wildman–Crippen LogP) is 5.54. The monoisotopic (exact) mass is 433 g/mol. The average Bonchev–Trinajstić information content (AvgIpc) is 2.97. The van der Waals surface area contributed by atoms with Gasteiger partial charge >= 0.3 is 5.97 Å². The number of carbonyl (C=O) groups excluding carboxylic acids is 2. The Bertz CT molecular complexity index is 1070. The zero-order valence-corrected chi connectivity index (χ0v) is 17.7. The third kappa shape index (κ3) is 4.26. The van der Waals surface area contributed by atoms with Gasteiger partial charge in [0.2, 0.25) is 0 Å². The van der Waals surface area contributed by atoms with Gasteiger partial charge in [-0.2, -0.15) is 0 Å². The molecule has 152 valence electrons. The lowest BCUT2D eigenvalue weighted by molar-refractivity contribution is -0.142. The predicted molar refractivity (Wildman–Crippen MR) is 114 cm³/mol. The standard InChI is InChI=1S/C22H21Cl2NO4/c1-3-4-11-29-19(27)12-16-13(2)25(17-9-10-18(26)21(24)20(16)17)22(28)14-5-7-15(23)8-6-14/h5-10,26H,3-4,11-12H2,1-2H3. The smallest absolute Gasteiger partial charge is 0.310 e. The van der Waals surface area contributed by atoms with Crippen LogP contribution in [0.4, 0.5) is 0 Å². The average molecular weight is 434 g/mol. The minimum Gasteiger partial charge on any atom is -0.506 e. The van der Waals surface area contributed by atoms with Crippen LogP contribution in [-0.4, -0.2) is 28.2 Å². The maximum Gasteiger partial charge on any atom is 0.310 e. The van der Waals surface area contributed by atoms with Gasteiger partial charge in [-0.3, -0.25) is 14.2 Å². The van der Waals surface area contributed by atoms with Crippen molar-refractivity contribution in [2.45, 2.75) is 33.1 Å². The Morgan fingerprint density at radius 1 is 1.10 bits per heavy atom. The molecule has 0 spiro atoms. The van der Waals surface area contributed by atoms with E-state index in [-0.39, 0.29) is 23.1 Å². The summed E-state index contributed by atoms with van der Waals surface area (Å²) >= 11 is 12.3. The minimum atomic E-state index is -0.404. The first-order chi connectivity index (χ1) is 13.8. The van der Waals surface area contributed by atoms with Crippen LogP contribution in [0.15, 0.2) is 36.4 Å². The molecule has 1 heterocycles. The lowest BCUT2D eigenvalue weighted by Gasteiger charge is -2.08. The molecule has 0 fully saturated rings. The summed E-state index contributed by atoms with van der Waals surface area (Å²) in [6.45, 7) is 4.10. The van der Waals surface area contributed by atoms with E-state index in [2.05, 4.69) is 0 Å². The van der Waals surface area contributed by atoms with Crippen LogP contribution in [0, 0.1) is 6.92 Å². The number of nitrogens with zero attached hydrogens (tertiary/aromatic N) is 1. The van der Waals surface area contributed by atoms with Gasteiger partial charge in [0.25, 0.3) is 5.91 Å². The van der Waals surface area contributed by atoms with Crippen LogP contribution < -0.4 is 0 Å². The minimum absolute atomic E-state index is 0.0455. The molecule has 29 heavy (non-hydrogen) atoms. The summed E-state index contributed by atoms with van der Waals surface area (Å²) in [7, 11) is 0. The number of rotatable bonds is 6. The molecule has 0 atom stereocenters. The first kappa shape index (κ1) is 21.2. The van der Waals surface area contributed by atoms with E-state index >= 15 is 0 Å². The Morgan fingerprint density at radius 3 is 2.45 bits per heavy atom. The summed E-state index contributed by atoms with van der Waals surface area (Å²) in [6, 6.07) is 9.59. The van der Waals surface area contributed by atoms with Crippen molar-refractivity contribution in [1.82, 2.24) is 4.57 Å². The molecule has 5 nitrogen and oxygen atoms in total. The number of aromatic nitrogens is 1. The van der Waals surface area contributed by atoms with Crippen molar-refractivity contribution >= 4 is 46.0 Å². The van der Waals surface area contributed by atoms with Crippen molar-refractivity contribution in [1.29, 1.82) is 0 Å². The molecule has 1 aromatic heterocycles. The molecule has 0 radical (unpaired) electrons. The van der Waals surface area contributed by atoms with Gasteiger partial charge in [0.15, 0.2) is 0 Å². The number of halogens is 2. The third-order valence-electron chi connectivity index (χ3n) is 4.79. The Hall–Kier alpha value is -2.50. The highest BCUT2D eigenvalue weighted by molar-refractivity contribution is 6.37. The van der Waals surface area contributed by atoms with Gasteiger partial charge in [-0.15, -0.1) is 0 Å². The first-order valence-electron chi connectivity index (χ1n) is 9.32. The molecule has 0 aliphatic carbocycles. The topological polar surface area (TPSA) is 68.5 Å². The highest BCUT2D eigenvalue weighted by Gasteiger charge is 2.24. The van der Waals surface area contributed by atoms with Crippen molar-refractivity contribution in [3.63, 3.8) is 0 Å². The molecule has 0 saturated heterocycles. The largest absolute Gasteiger partial charge is 0.506 e. The van der Waals surface area contributed by atoms with E-state index in [4.69, 9.17) is 27.9 Å². The van der Waals surface area contributed by atoms with Crippen LogP contribution in [0.2, 0.25) is 10.0 Å². The van der Waals surface area contributed by atoms with Gasteiger partial charge in [-0.25, -0.2) is 0 Å². The quantitative estimate of drug-likeness (QED) is 0.409. The number of hydrogen-bond acceptors (Lipinski definition) is 4. The fourth-order valence-corrected chi connectivity index (χ4v) is 3.65. The van der Waals surface area contributed by atoms with Crippen molar-refractivity contribution in [2.24, 2.45) is 0 Å². The number of fused-ring (bicyclic) bond motifs is 1. The van der Waals surface area contributed by atoms with Crippen LogP contribution in [0.25, 0.3) is 10.9 Å². The normalized spacial score (nSPS) is 11.0. The fourth-order valence-electron chi connectivity index (χ4n) is 3.25. The summed E-state index contributed by atoms with van der Waals surface area (Å²) in [5.41, 5.74) is 2.09. The lowest BCUT2D eigenvalue weighted by Crippen LogP contribution is -2.14. The number of benzene rings is 2. The maximum atomic E-state index is 13.2. The molecule has 0 amide bonds. The molecule has 0 aliphatic heterocycles. The Morgan fingerprint density at radius 2 is 1.79 bits per heavy atom. The van der Waals surface area contributed by atoms with Crippen LogP contribution in [0.5, 0.6) is 5.75 Å². The van der Waals surface area contributed by atoms with Gasteiger partial charge in [0.05, 0.1) is 23.6 Å². The van der Waals surface area contributed by atoms with E-state index in [0.29, 0.717) is 39.4 Å². The van der Waals surface area contributed by atoms with Gasteiger partial charge in [0, 0.05) is 21.7 Å². The zero-order chi connectivity index (χ0) is 21.1. The number of phenolic OH excluding ortho intramolecular Hbond substituents is 1. The van der Waals surface area contributed by atoms with Gasteiger partial charge < -0.3 is 9.84 Å². The molecule has 0 saturated carbocycles. The second-order valence-electron chi connectivity index (χ2n) is 6.76. The second kappa shape index (κ2) is 8.89. The summed E-state index contributed by atoms with van der Waals surface area (Å²) in [6.07, 6.45) is 1.65. The Labute approximate surface area is 178 Å². The summed E-state index contributed by atoms with van der Waals surface area (Å²) < 4.78 is 6.77. The number of esters is 1. The highest BCUT2D eigenvalue weighted by atomic mass is 35.5. The molecular formula is C22H21Cl2NO4. The summed E-state index contributed by atoms with van der Waals surface area (Å²) in [5.74, 6) is -0.800. The summed E-state index contributed by atoms with van der Waals surface area (Å²) in [5, 5.41) is 11.2. The number of hydrogen-bond donors (Lipinski definition) is 1. The van der Waals surface area contributed by atoms with E-state index in [9.17, 15) is 14.7 Å². The van der Waals surface area contributed by atoms with Crippen LogP contribution in [0.3, 0.4) is 0 Å². The maximum absolute atomic E-state index is 13.2. The number of aromatic hydroxyl groups is 1. The van der Waals surface area contributed by atoms with Crippen molar-refractivity contribution < 1.29 is 19.4 Å². The molecule has 0 bridgehead atoms. The molecule has 0 aliphatic rings. The van der Waals surface area contributed by atoms with Gasteiger partial charge in [-0.05, 0) is 55.3 Å². The highest BCUT2D eigenvalue weighted by Crippen LogP contribution is 2.38. The lowest BCUT2D eigenvalue weighted by atomic mass is 10.1.